The Bertz CT molecular complexity index is 887. The highest BCUT2D eigenvalue weighted by molar-refractivity contribution is 7.89. The van der Waals surface area contributed by atoms with E-state index in [1.54, 1.807) is 24.4 Å². The zero-order valence-electron chi connectivity index (χ0n) is 15.3. The van der Waals surface area contributed by atoms with E-state index in [1.165, 1.54) is 18.5 Å². The smallest absolute Gasteiger partial charge is 0.254 e. The van der Waals surface area contributed by atoms with Crippen LogP contribution in [-0.2, 0) is 16.6 Å². The molecule has 0 aliphatic carbocycles. The third-order valence-corrected chi connectivity index (χ3v) is 6.14. The van der Waals surface area contributed by atoms with Crippen LogP contribution in [0.4, 0.5) is 0 Å². The molecular weight excluding hydrogens is 364 g/mol. The SMILES string of the molecule is CCC[C@H]1CCCN1C(=O)c1cccc(S(=O)(=O)NCc2ccncn2)c1. The molecular formula is C19H24N4O3S. The van der Waals surface area contributed by atoms with Crippen molar-refractivity contribution in [1.29, 1.82) is 0 Å². The van der Waals surface area contributed by atoms with Crippen molar-refractivity contribution in [3.05, 3.63) is 54.1 Å². The van der Waals surface area contributed by atoms with E-state index in [9.17, 15) is 13.2 Å². The second kappa shape index (κ2) is 8.58. The van der Waals surface area contributed by atoms with Gasteiger partial charge in [-0.3, -0.25) is 4.79 Å². The Labute approximate surface area is 159 Å². The second-order valence-corrected chi connectivity index (χ2v) is 8.40. The van der Waals surface area contributed by atoms with E-state index in [-0.39, 0.29) is 23.4 Å². The standard InChI is InChI=1S/C19H24N4O3S/c1-2-5-17-7-4-11-23(17)19(24)15-6-3-8-18(12-15)27(25,26)22-13-16-9-10-20-14-21-16/h3,6,8-10,12,14,17,22H,2,4-5,7,11,13H2,1H3/t17-/m0/s1. The Morgan fingerprint density at radius 1 is 1.33 bits per heavy atom. The molecule has 1 aromatic carbocycles. The van der Waals surface area contributed by atoms with Crippen molar-refractivity contribution in [2.24, 2.45) is 0 Å². The van der Waals surface area contributed by atoms with Gasteiger partial charge in [0.2, 0.25) is 10.0 Å². The van der Waals surface area contributed by atoms with Gasteiger partial charge in [0.15, 0.2) is 0 Å². The van der Waals surface area contributed by atoms with Gasteiger partial charge in [-0.2, -0.15) is 0 Å². The summed E-state index contributed by atoms with van der Waals surface area (Å²) in [6.45, 7) is 2.90. The van der Waals surface area contributed by atoms with Gasteiger partial charge < -0.3 is 4.90 Å². The van der Waals surface area contributed by atoms with E-state index in [0.29, 0.717) is 11.3 Å². The number of carbonyl (C=O) groups is 1. The van der Waals surface area contributed by atoms with E-state index < -0.39 is 10.0 Å². The lowest BCUT2D eigenvalue weighted by molar-refractivity contribution is 0.0730. The lowest BCUT2D eigenvalue weighted by Gasteiger charge is -2.24. The summed E-state index contributed by atoms with van der Waals surface area (Å²) in [6, 6.07) is 8.12. The molecule has 8 heteroatoms. The van der Waals surface area contributed by atoms with Crippen LogP contribution in [0.5, 0.6) is 0 Å². The summed E-state index contributed by atoms with van der Waals surface area (Å²) >= 11 is 0. The van der Waals surface area contributed by atoms with E-state index >= 15 is 0 Å². The first-order chi connectivity index (χ1) is 13.0. The summed E-state index contributed by atoms with van der Waals surface area (Å²) in [5, 5.41) is 0. The fourth-order valence-corrected chi connectivity index (χ4v) is 4.42. The zero-order chi connectivity index (χ0) is 19.3. The zero-order valence-corrected chi connectivity index (χ0v) is 16.2. The molecule has 1 atom stereocenters. The number of hydrogen-bond donors (Lipinski definition) is 1. The number of likely N-dealkylation sites (tertiary alicyclic amines) is 1. The van der Waals surface area contributed by atoms with Crippen LogP contribution >= 0.6 is 0 Å². The van der Waals surface area contributed by atoms with Gasteiger partial charge in [-0.1, -0.05) is 19.4 Å². The number of nitrogens with zero attached hydrogens (tertiary/aromatic N) is 3. The van der Waals surface area contributed by atoms with Crippen molar-refractivity contribution in [2.75, 3.05) is 6.54 Å². The maximum absolute atomic E-state index is 12.9. The van der Waals surface area contributed by atoms with Crippen LogP contribution in [0.15, 0.2) is 47.8 Å². The number of aromatic nitrogens is 2. The maximum atomic E-state index is 12.9. The largest absolute Gasteiger partial charge is 0.336 e. The summed E-state index contributed by atoms with van der Waals surface area (Å²) in [4.78, 5) is 22.6. The van der Waals surface area contributed by atoms with Crippen LogP contribution in [0.1, 0.15) is 48.7 Å². The third kappa shape index (κ3) is 4.70. The van der Waals surface area contributed by atoms with Crippen LogP contribution in [0.3, 0.4) is 0 Å². The summed E-state index contributed by atoms with van der Waals surface area (Å²) in [5.41, 5.74) is 0.975. The third-order valence-electron chi connectivity index (χ3n) is 4.74. The van der Waals surface area contributed by atoms with Crippen molar-refractivity contribution in [1.82, 2.24) is 19.6 Å². The molecule has 0 radical (unpaired) electrons. The van der Waals surface area contributed by atoms with Crippen molar-refractivity contribution in [3.63, 3.8) is 0 Å². The first-order valence-electron chi connectivity index (χ1n) is 9.17. The van der Waals surface area contributed by atoms with E-state index in [4.69, 9.17) is 0 Å². The fourth-order valence-electron chi connectivity index (χ4n) is 3.37. The second-order valence-electron chi connectivity index (χ2n) is 6.64. The monoisotopic (exact) mass is 388 g/mol. The number of rotatable bonds is 7. The molecule has 3 rings (SSSR count). The highest BCUT2D eigenvalue weighted by Gasteiger charge is 2.29. The molecule has 0 spiro atoms. The van der Waals surface area contributed by atoms with Gasteiger partial charge in [0.05, 0.1) is 17.1 Å². The molecule has 0 bridgehead atoms. The van der Waals surface area contributed by atoms with Crippen molar-refractivity contribution < 1.29 is 13.2 Å². The molecule has 2 heterocycles. The van der Waals surface area contributed by atoms with Crippen LogP contribution < -0.4 is 4.72 Å². The van der Waals surface area contributed by atoms with Gasteiger partial charge in [0.1, 0.15) is 6.33 Å². The average Bonchev–Trinajstić information content (AvgIpc) is 3.15. The molecule has 0 unspecified atom stereocenters. The highest BCUT2D eigenvalue weighted by atomic mass is 32.2. The highest BCUT2D eigenvalue weighted by Crippen LogP contribution is 2.24. The summed E-state index contributed by atoms with van der Waals surface area (Å²) in [5.74, 6) is -0.0983. The maximum Gasteiger partial charge on any atom is 0.254 e. The van der Waals surface area contributed by atoms with E-state index in [2.05, 4.69) is 21.6 Å². The predicted molar refractivity (Wildman–Crippen MR) is 101 cm³/mol. The fraction of sp³-hybridized carbons (Fsp3) is 0.421. The molecule has 1 aliphatic rings. The minimum Gasteiger partial charge on any atom is -0.336 e. The van der Waals surface area contributed by atoms with Crippen LogP contribution in [0.25, 0.3) is 0 Å². The normalized spacial score (nSPS) is 17.2. The number of benzene rings is 1. The lowest BCUT2D eigenvalue weighted by atomic mass is 10.1. The van der Waals surface area contributed by atoms with Gasteiger partial charge in [0, 0.05) is 24.3 Å². The van der Waals surface area contributed by atoms with Crippen molar-refractivity contribution in [2.45, 2.75) is 50.1 Å². The number of amides is 1. The van der Waals surface area contributed by atoms with Gasteiger partial charge in [-0.15, -0.1) is 0 Å². The quantitative estimate of drug-likeness (QED) is 0.786. The Kier molecular flexibility index (Phi) is 6.18. The molecule has 1 saturated heterocycles. The number of nitrogens with one attached hydrogen (secondary N) is 1. The molecule has 1 aromatic heterocycles. The Balaban J connectivity index is 1.75. The molecule has 2 aromatic rings. The van der Waals surface area contributed by atoms with Crippen molar-refractivity contribution in [3.8, 4) is 0 Å². The molecule has 27 heavy (non-hydrogen) atoms. The Hall–Kier alpha value is -2.32. The lowest BCUT2D eigenvalue weighted by Crippen LogP contribution is -2.35. The van der Waals surface area contributed by atoms with Crippen LogP contribution in [0.2, 0.25) is 0 Å². The number of sulfonamides is 1. The van der Waals surface area contributed by atoms with E-state index in [0.717, 1.165) is 32.2 Å². The van der Waals surface area contributed by atoms with Gasteiger partial charge >= 0.3 is 0 Å². The predicted octanol–water partition coefficient (Wildman–Crippen LogP) is 2.36. The minimum absolute atomic E-state index is 0.0632. The molecule has 0 saturated carbocycles. The molecule has 1 aliphatic heterocycles. The number of carbonyl (C=O) groups excluding carboxylic acids is 1. The number of hydrogen-bond acceptors (Lipinski definition) is 5. The molecule has 1 fully saturated rings. The molecule has 7 nitrogen and oxygen atoms in total. The van der Waals surface area contributed by atoms with Gasteiger partial charge in [0.25, 0.3) is 5.91 Å². The topological polar surface area (TPSA) is 92.3 Å². The minimum atomic E-state index is -3.74. The Morgan fingerprint density at radius 3 is 2.93 bits per heavy atom. The molecule has 144 valence electrons. The van der Waals surface area contributed by atoms with Gasteiger partial charge in [-0.25, -0.2) is 23.1 Å². The van der Waals surface area contributed by atoms with Crippen LogP contribution in [0, 0.1) is 0 Å². The van der Waals surface area contributed by atoms with Gasteiger partial charge in [-0.05, 0) is 43.5 Å². The van der Waals surface area contributed by atoms with Crippen LogP contribution in [-0.4, -0.2) is 41.8 Å². The molecule has 1 amide bonds. The Morgan fingerprint density at radius 2 is 2.19 bits per heavy atom. The van der Waals surface area contributed by atoms with Crippen molar-refractivity contribution >= 4 is 15.9 Å². The molecule has 1 N–H and O–H groups in total. The summed E-state index contributed by atoms with van der Waals surface area (Å²) < 4.78 is 27.7. The summed E-state index contributed by atoms with van der Waals surface area (Å²) in [6.07, 6.45) is 6.93. The first-order valence-corrected chi connectivity index (χ1v) is 10.6. The average molecular weight is 388 g/mol. The first kappa shape index (κ1) is 19.4. The summed E-state index contributed by atoms with van der Waals surface area (Å²) in [7, 11) is -3.74. The van der Waals surface area contributed by atoms with E-state index in [1.807, 2.05) is 4.90 Å².